The van der Waals surface area contributed by atoms with Crippen molar-refractivity contribution in [3.63, 3.8) is 0 Å². The van der Waals surface area contributed by atoms with Crippen LogP contribution >= 0.6 is 0 Å². The smallest absolute Gasteiger partial charge is 0.106 e. The fourth-order valence-electron chi connectivity index (χ4n) is 2.91. The average molecular weight is 265 g/mol. The number of aliphatic hydroxyl groups is 1. The third-order valence-electron chi connectivity index (χ3n) is 4.16. The zero-order valence-corrected chi connectivity index (χ0v) is 12.3. The molecule has 108 valence electrons. The van der Waals surface area contributed by atoms with Gasteiger partial charge in [-0.05, 0) is 58.8 Å². The summed E-state index contributed by atoms with van der Waals surface area (Å²) in [5.74, 6) is 1.16. The Bertz CT molecular complexity index is 423. The van der Waals surface area contributed by atoms with Crippen molar-refractivity contribution in [3.05, 3.63) is 17.2 Å². The summed E-state index contributed by atoms with van der Waals surface area (Å²) < 4.78 is 2.39. The molecule has 4 nitrogen and oxygen atoms in total. The van der Waals surface area contributed by atoms with Gasteiger partial charge >= 0.3 is 0 Å². The zero-order valence-electron chi connectivity index (χ0n) is 12.3. The highest BCUT2D eigenvalue weighted by Crippen LogP contribution is 2.22. The van der Waals surface area contributed by atoms with Crippen LogP contribution < -0.4 is 5.73 Å². The maximum atomic E-state index is 9.14. The molecule has 1 aliphatic rings. The number of unbranched alkanes of at least 4 members (excludes halogenated alkanes) is 1. The van der Waals surface area contributed by atoms with Crippen molar-refractivity contribution in [2.45, 2.75) is 70.9 Å². The number of aliphatic hydroxyl groups excluding tert-OH is 1. The molecule has 0 spiro atoms. The highest BCUT2D eigenvalue weighted by Gasteiger charge is 2.19. The maximum absolute atomic E-state index is 9.14. The lowest BCUT2D eigenvalue weighted by molar-refractivity contribution is 0.197. The first-order valence-corrected chi connectivity index (χ1v) is 7.48. The highest BCUT2D eigenvalue weighted by atomic mass is 16.3. The predicted molar refractivity (Wildman–Crippen MR) is 77.1 cm³/mol. The molecule has 0 saturated carbocycles. The molecular weight excluding hydrogens is 238 g/mol. The summed E-state index contributed by atoms with van der Waals surface area (Å²) >= 11 is 0. The number of fused-ring (bicyclic) bond motifs is 1. The van der Waals surface area contributed by atoms with Crippen molar-refractivity contribution in [2.75, 3.05) is 6.61 Å². The van der Waals surface area contributed by atoms with Crippen LogP contribution in [0.1, 0.15) is 56.2 Å². The quantitative estimate of drug-likeness (QED) is 0.773. The monoisotopic (exact) mass is 265 g/mol. The van der Waals surface area contributed by atoms with E-state index in [4.69, 9.17) is 15.8 Å². The number of imidazole rings is 1. The minimum absolute atomic E-state index is 0.0620. The molecule has 1 aromatic rings. The largest absolute Gasteiger partial charge is 0.394 e. The predicted octanol–water partition coefficient (Wildman–Crippen LogP) is 1.95. The number of rotatable bonds is 6. The van der Waals surface area contributed by atoms with Crippen LogP contribution in [0.5, 0.6) is 0 Å². The van der Waals surface area contributed by atoms with E-state index in [-0.39, 0.29) is 6.61 Å². The van der Waals surface area contributed by atoms with Crippen molar-refractivity contribution < 1.29 is 5.11 Å². The standard InChI is InChI=1S/C15H27N3O/c1-12-17-13-7-3-4-8-14(13)18(12)10-6-5-9-15(2,16)11-19/h19H,3-11,16H2,1-2H3. The van der Waals surface area contributed by atoms with E-state index in [0.29, 0.717) is 0 Å². The Hall–Kier alpha value is -0.870. The van der Waals surface area contributed by atoms with Gasteiger partial charge in [-0.15, -0.1) is 0 Å². The Morgan fingerprint density at radius 2 is 2.05 bits per heavy atom. The molecule has 0 bridgehead atoms. The second-order valence-electron chi connectivity index (χ2n) is 6.18. The molecular formula is C15H27N3O. The Balaban J connectivity index is 1.88. The number of hydrogen-bond acceptors (Lipinski definition) is 3. The SMILES string of the molecule is Cc1nc2c(n1CCCCC(C)(N)CO)CCCC2. The molecule has 0 saturated heterocycles. The van der Waals surface area contributed by atoms with Gasteiger partial charge in [0.15, 0.2) is 0 Å². The summed E-state index contributed by atoms with van der Waals surface area (Å²) in [5.41, 5.74) is 8.30. The molecule has 19 heavy (non-hydrogen) atoms. The molecule has 1 aliphatic carbocycles. The van der Waals surface area contributed by atoms with Gasteiger partial charge in [-0.3, -0.25) is 0 Å². The molecule has 0 fully saturated rings. The van der Waals surface area contributed by atoms with Crippen LogP contribution in [-0.4, -0.2) is 26.8 Å². The number of nitrogens with two attached hydrogens (primary N) is 1. The summed E-state index contributed by atoms with van der Waals surface area (Å²) in [6.45, 7) is 5.12. The number of hydrogen-bond donors (Lipinski definition) is 2. The lowest BCUT2D eigenvalue weighted by atomic mass is 9.97. The van der Waals surface area contributed by atoms with Crippen LogP contribution in [0.25, 0.3) is 0 Å². The van der Waals surface area contributed by atoms with Crippen molar-refractivity contribution in [1.82, 2.24) is 9.55 Å². The van der Waals surface area contributed by atoms with Crippen LogP contribution in [0.2, 0.25) is 0 Å². The van der Waals surface area contributed by atoms with E-state index >= 15 is 0 Å². The molecule has 0 radical (unpaired) electrons. The lowest BCUT2D eigenvalue weighted by Gasteiger charge is -2.21. The van der Waals surface area contributed by atoms with Gasteiger partial charge in [-0.25, -0.2) is 4.98 Å². The van der Waals surface area contributed by atoms with Gasteiger partial charge in [0.1, 0.15) is 5.82 Å². The molecule has 4 heteroatoms. The van der Waals surface area contributed by atoms with Crippen molar-refractivity contribution >= 4 is 0 Å². The Kier molecular flexibility index (Phi) is 4.63. The normalized spacial score (nSPS) is 18.1. The molecule has 0 aromatic carbocycles. The summed E-state index contributed by atoms with van der Waals surface area (Å²) in [6.07, 6.45) is 7.95. The number of aromatic nitrogens is 2. The molecule has 3 N–H and O–H groups in total. The lowest BCUT2D eigenvalue weighted by Crippen LogP contribution is -2.39. The van der Waals surface area contributed by atoms with E-state index in [1.807, 2.05) is 6.92 Å². The molecule has 0 aliphatic heterocycles. The number of aryl methyl sites for hydroxylation is 2. The Morgan fingerprint density at radius 1 is 1.32 bits per heavy atom. The van der Waals surface area contributed by atoms with E-state index in [1.165, 1.54) is 30.7 Å². The highest BCUT2D eigenvalue weighted by molar-refractivity contribution is 5.19. The summed E-state index contributed by atoms with van der Waals surface area (Å²) in [6, 6.07) is 0. The molecule has 1 unspecified atom stereocenters. The minimum Gasteiger partial charge on any atom is -0.394 e. The van der Waals surface area contributed by atoms with E-state index in [0.717, 1.165) is 38.1 Å². The first kappa shape index (κ1) is 14.5. The summed E-state index contributed by atoms with van der Waals surface area (Å²) in [5, 5.41) is 9.14. The molecule has 1 aromatic heterocycles. The molecule has 1 atom stereocenters. The van der Waals surface area contributed by atoms with Gasteiger partial charge < -0.3 is 15.4 Å². The molecule has 2 rings (SSSR count). The van der Waals surface area contributed by atoms with Crippen molar-refractivity contribution in [1.29, 1.82) is 0 Å². The van der Waals surface area contributed by atoms with Gasteiger partial charge in [0, 0.05) is 17.8 Å². The minimum atomic E-state index is -0.427. The van der Waals surface area contributed by atoms with Crippen LogP contribution in [-0.2, 0) is 19.4 Å². The Labute approximate surface area is 116 Å². The summed E-state index contributed by atoms with van der Waals surface area (Å²) in [4.78, 5) is 4.69. The third kappa shape index (κ3) is 3.57. The third-order valence-corrected chi connectivity index (χ3v) is 4.16. The van der Waals surface area contributed by atoms with E-state index < -0.39 is 5.54 Å². The van der Waals surface area contributed by atoms with Crippen LogP contribution in [0, 0.1) is 6.92 Å². The molecule has 0 amide bonds. The fraction of sp³-hybridized carbons (Fsp3) is 0.800. The van der Waals surface area contributed by atoms with Gasteiger partial charge in [-0.2, -0.15) is 0 Å². The first-order valence-electron chi connectivity index (χ1n) is 7.48. The average Bonchev–Trinajstić information content (AvgIpc) is 2.71. The fourth-order valence-corrected chi connectivity index (χ4v) is 2.91. The van der Waals surface area contributed by atoms with E-state index in [9.17, 15) is 0 Å². The maximum Gasteiger partial charge on any atom is 0.106 e. The second kappa shape index (κ2) is 6.06. The van der Waals surface area contributed by atoms with Crippen LogP contribution in [0.15, 0.2) is 0 Å². The van der Waals surface area contributed by atoms with Gasteiger partial charge in [0.2, 0.25) is 0 Å². The summed E-state index contributed by atoms with van der Waals surface area (Å²) in [7, 11) is 0. The molecule has 1 heterocycles. The van der Waals surface area contributed by atoms with Crippen LogP contribution in [0.4, 0.5) is 0 Å². The van der Waals surface area contributed by atoms with Gasteiger partial charge in [0.05, 0.1) is 12.3 Å². The topological polar surface area (TPSA) is 64.1 Å². The van der Waals surface area contributed by atoms with Gasteiger partial charge in [0.25, 0.3) is 0 Å². The number of nitrogens with zero attached hydrogens (tertiary/aromatic N) is 2. The second-order valence-corrected chi connectivity index (χ2v) is 6.18. The van der Waals surface area contributed by atoms with Crippen molar-refractivity contribution in [3.8, 4) is 0 Å². The van der Waals surface area contributed by atoms with Crippen LogP contribution in [0.3, 0.4) is 0 Å². The van der Waals surface area contributed by atoms with Crippen molar-refractivity contribution in [2.24, 2.45) is 5.73 Å². The van der Waals surface area contributed by atoms with E-state index in [1.54, 1.807) is 0 Å². The Morgan fingerprint density at radius 3 is 2.79 bits per heavy atom. The van der Waals surface area contributed by atoms with Gasteiger partial charge in [-0.1, -0.05) is 0 Å². The van der Waals surface area contributed by atoms with E-state index in [2.05, 4.69) is 11.5 Å². The first-order chi connectivity index (χ1) is 9.03. The zero-order chi connectivity index (χ0) is 13.9.